The summed E-state index contributed by atoms with van der Waals surface area (Å²) in [5, 5.41) is 3.38. The van der Waals surface area contributed by atoms with Gasteiger partial charge < -0.3 is 14.8 Å². The third kappa shape index (κ3) is 3.99. The second kappa shape index (κ2) is 7.14. The Morgan fingerprint density at radius 3 is 2.19 bits per heavy atom. The average Bonchev–Trinajstić information content (AvgIpc) is 2.52. The molecule has 3 nitrogen and oxygen atoms in total. The van der Waals surface area contributed by atoms with Gasteiger partial charge in [-0.1, -0.05) is 29.8 Å². The smallest absolute Gasteiger partial charge is 0.122 e. The largest absolute Gasteiger partial charge is 0.497 e. The zero-order chi connectivity index (χ0) is 15.2. The van der Waals surface area contributed by atoms with Crippen molar-refractivity contribution in [3.63, 3.8) is 0 Å². The van der Waals surface area contributed by atoms with Crippen LogP contribution in [0, 0.1) is 6.92 Å². The summed E-state index contributed by atoms with van der Waals surface area (Å²) in [4.78, 5) is 0. The van der Waals surface area contributed by atoms with Crippen molar-refractivity contribution < 1.29 is 9.47 Å². The molecule has 0 amide bonds. The molecule has 2 rings (SSSR count). The summed E-state index contributed by atoms with van der Waals surface area (Å²) < 4.78 is 10.7. The summed E-state index contributed by atoms with van der Waals surface area (Å²) in [6, 6.07) is 14.8. The minimum absolute atomic E-state index is 0.218. The molecule has 0 fully saturated rings. The molecule has 0 saturated carbocycles. The van der Waals surface area contributed by atoms with Crippen LogP contribution in [-0.4, -0.2) is 21.3 Å². The van der Waals surface area contributed by atoms with Gasteiger partial charge in [-0.05, 0) is 43.7 Å². The molecule has 0 aliphatic carbocycles. The molecule has 2 aromatic rings. The Morgan fingerprint density at radius 1 is 1.00 bits per heavy atom. The van der Waals surface area contributed by atoms with Crippen LogP contribution in [-0.2, 0) is 6.42 Å². The Morgan fingerprint density at radius 2 is 1.67 bits per heavy atom. The van der Waals surface area contributed by atoms with Crippen molar-refractivity contribution in [3.05, 3.63) is 59.2 Å². The molecule has 21 heavy (non-hydrogen) atoms. The molecule has 3 heteroatoms. The van der Waals surface area contributed by atoms with Crippen LogP contribution >= 0.6 is 0 Å². The molecule has 1 N–H and O–H groups in total. The predicted octanol–water partition coefficient (Wildman–Crippen LogP) is 3.52. The van der Waals surface area contributed by atoms with Gasteiger partial charge in [0.2, 0.25) is 0 Å². The number of methoxy groups -OCH3 is 2. The number of nitrogens with one attached hydrogen (secondary N) is 1. The molecule has 0 heterocycles. The highest BCUT2D eigenvalue weighted by molar-refractivity contribution is 5.40. The van der Waals surface area contributed by atoms with Gasteiger partial charge in [0.15, 0.2) is 0 Å². The highest BCUT2D eigenvalue weighted by atomic mass is 16.5. The monoisotopic (exact) mass is 285 g/mol. The second-order valence-electron chi connectivity index (χ2n) is 5.18. The molecule has 1 unspecified atom stereocenters. The first-order valence-electron chi connectivity index (χ1n) is 7.12. The van der Waals surface area contributed by atoms with Crippen LogP contribution in [0.4, 0.5) is 0 Å². The lowest BCUT2D eigenvalue weighted by Gasteiger charge is -2.19. The van der Waals surface area contributed by atoms with Crippen molar-refractivity contribution in [3.8, 4) is 11.5 Å². The summed E-state index contributed by atoms with van der Waals surface area (Å²) in [6.45, 7) is 2.12. The van der Waals surface area contributed by atoms with Gasteiger partial charge >= 0.3 is 0 Å². The molecule has 0 aromatic heterocycles. The van der Waals surface area contributed by atoms with E-state index in [-0.39, 0.29) is 6.04 Å². The molecular weight excluding hydrogens is 262 g/mol. The molecule has 0 saturated heterocycles. The molecule has 0 bridgehead atoms. The molecule has 2 aromatic carbocycles. The van der Waals surface area contributed by atoms with Gasteiger partial charge in [-0.2, -0.15) is 0 Å². The van der Waals surface area contributed by atoms with Crippen molar-refractivity contribution in [2.45, 2.75) is 19.4 Å². The van der Waals surface area contributed by atoms with Gasteiger partial charge in [0, 0.05) is 12.1 Å². The van der Waals surface area contributed by atoms with Gasteiger partial charge in [-0.3, -0.25) is 0 Å². The normalized spacial score (nSPS) is 12.0. The summed E-state index contributed by atoms with van der Waals surface area (Å²) in [5.41, 5.74) is 3.76. The van der Waals surface area contributed by atoms with Crippen LogP contribution in [0.5, 0.6) is 11.5 Å². The van der Waals surface area contributed by atoms with Crippen molar-refractivity contribution in [2.75, 3.05) is 21.3 Å². The number of benzene rings is 2. The van der Waals surface area contributed by atoms with E-state index in [9.17, 15) is 0 Å². The van der Waals surface area contributed by atoms with E-state index < -0.39 is 0 Å². The van der Waals surface area contributed by atoms with E-state index in [1.165, 1.54) is 11.1 Å². The zero-order valence-electron chi connectivity index (χ0n) is 13.1. The minimum atomic E-state index is 0.218. The SMILES string of the molecule is CNC(Cc1cccc(C)c1)c1cc(OC)cc(OC)c1. The summed E-state index contributed by atoms with van der Waals surface area (Å²) in [6.07, 6.45) is 0.925. The van der Waals surface area contributed by atoms with E-state index in [1.54, 1.807) is 14.2 Å². The zero-order valence-corrected chi connectivity index (χ0v) is 13.1. The van der Waals surface area contributed by atoms with Crippen LogP contribution in [0.3, 0.4) is 0 Å². The first-order chi connectivity index (χ1) is 10.2. The van der Waals surface area contributed by atoms with Crippen LogP contribution in [0.25, 0.3) is 0 Å². The molecule has 0 aliphatic heterocycles. The van der Waals surface area contributed by atoms with Gasteiger partial charge in [-0.25, -0.2) is 0 Å². The number of hydrogen-bond donors (Lipinski definition) is 1. The number of rotatable bonds is 6. The van der Waals surface area contributed by atoms with Crippen molar-refractivity contribution in [1.29, 1.82) is 0 Å². The third-order valence-corrected chi connectivity index (χ3v) is 3.65. The van der Waals surface area contributed by atoms with Crippen LogP contribution in [0.1, 0.15) is 22.7 Å². The van der Waals surface area contributed by atoms with Crippen molar-refractivity contribution in [1.82, 2.24) is 5.32 Å². The lowest BCUT2D eigenvalue weighted by Crippen LogP contribution is -2.19. The molecular formula is C18H23NO2. The second-order valence-corrected chi connectivity index (χ2v) is 5.18. The lowest BCUT2D eigenvalue weighted by molar-refractivity contribution is 0.392. The van der Waals surface area contributed by atoms with E-state index in [4.69, 9.17) is 9.47 Å². The predicted molar refractivity (Wildman–Crippen MR) is 86.2 cm³/mol. The maximum Gasteiger partial charge on any atom is 0.122 e. The van der Waals surface area contributed by atoms with E-state index in [0.29, 0.717) is 0 Å². The molecule has 0 aliphatic rings. The average molecular weight is 285 g/mol. The Bertz CT molecular complexity index is 573. The topological polar surface area (TPSA) is 30.5 Å². The highest BCUT2D eigenvalue weighted by Gasteiger charge is 2.13. The van der Waals surface area contributed by atoms with Crippen LogP contribution in [0.15, 0.2) is 42.5 Å². The first kappa shape index (κ1) is 15.4. The fourth-order valence-electron chi connectivity index (χ4n) is 2.49. The standard InChI is InChI=1S/C18H23NO2/c1-13-6-5-7-14(8-13)9-18(19-2)15-10-16(20-3)12-17(11-15)21-4/h5-8,10-12,18-19H,9H2,1-4H3. The number of hydrogen-bond acceptors (Lipinski definition) is 3. The van der Waals surface area contributed by atoms with E-state index in [0.717, 1.165) is 23.5 Å². The fraction of sp³-hybridized carbons (Fsp3) is 0.333. The van der Waals surface area contributed by atoms with Gasteiger partial charge in [-0.15, -0.1) is 0 Å². The Hall–Kier alpha value is -2.00. The minimum Gasteiger partial charge on any atom is -0.497 e. The van der Waals surface area contributed by atoms with Gasteiger partial charge in [0.1, 0.15) is 11.5 Å². The Labute approximate surface area is 126 Å². The van der Waals surface area contributed by atoms with E-state index in [1.807, 2.05) is 13.1 Å². The van der Waals surface area contributed by atoms with Crippen LogP contribution in [0.2, 0.25) is 0 Å². The summed E-state index contributed by atoms with van der Waals surface area (Å²) in [7, 11) is 5.33. The fourth-order valence-corrected chi connectivity index (χ4v) is 2.49. The quantitative estimate of drug-likeness (QED) is 0.881. The van der Waals surface area contributed by atoms with Crippen molar-refractivity contribution in [2.24, 2.45) is 0 Å². The highest BCUT2D eigenvalue weighted by Crippen LogP contribution is 2.28. The maximum atomic E-state index is 5.35. The number of aryl methyl sites for hydroxylation is 1. The summed E-state index contributed by atoms with van der Waals surface area (Å²) in [5.74, 6) is 1.63. The van der Waals surface area contributed by atoms with Crippen molar-refractivity contribution >= 4 is 0 Å². The maximum absolute atomic E-state index is 5.35. The Balaban J connectivity index is 2.28. The third-order valence-electron chi connectivity index (χ3n) is 3.65. The summed E-state index contributed by atoms with van der Waals surface area (Å²) >= 11 is 0. The molecule has 0 radical (unpaired) electrons. The first-order valence-corrected chi connectivity index (χ1v) is 7.12. The van der Waals surface area contributed by atoms with Crippen LogP contribution < -0.4 is 14.8 Å². The van der Waals surface area contributed by atoms with E-state index >= 15 is 0 Å². The molecule has 112 valence electrons. The van der Waals surface area contributed by atoms with Gasteiger partial charge in [0.05, 0.1) is 14.2 Å². The number of ether oxygens (including phenoxy) is 2. The Kier molecular flexibility index (Phi) is 5.23. The van der Waals surface area contributed by atoms with Gasteiger partial charge in [0.25, 0.3) is 0 Å². The lowest BCUT2D eigenvalue weighted by atomic mass is 9.97. The number of likely N-dealkylation sites (N-methyl/N-ethyl adjacent to an activating group) is 1. The molecule has 0 spiro atoms. The van der Waals surface area contributed by atoms with E-state index in [2.05, 4.69) is 48.6 Å². The molecule has 1 atom stereocenters.